The van der Waals surface area contributed by atoms with Crippen molar-refractivity contribution < 1.29 is 13.5 Å². The molecule has 0 aliphatic heterocycles. The predicted molar refractivity (Wildman–Crippen MR) is 94.4 cm³/mol. The average Bonchev–Trinajstić information content (AvgIpc) is 2.53. The summed E-state index contributed by atoms with van der Waals surface area (Å²) in [6, 6.07) is 11.1. The highest BCUT2D eigenvalue weighted by molar-refractivity contribution is 7.89. The van der Waals surface area contributed by atoms with Gasteiger partial charge in [0.25, 0.3) is 0 Å². The van der Waals surface area contributed by atoms with Gasteiger partial charge < -0.3 is 10.0 Å². The Morgan fingerprint density at radius 3 is 2.57 bits per heavy atom. The van der Waals surface area contributed by atoms with Gasteiger partial charge >= 0.3 is 0 Å². The number of rotatable bonds is 8. The summed E-state index contributed by atoms with van der Waals surface area (Å²) in [6.45, 7) is 0.527. The topological polar surface area (TPSA) is 69.6 Å². The predicted octanol–water partition coefficient (Wildman–Crippen LogP) is 2.35. The van der Waals surface area contributed by atoms with Crippen LogP contribution in [-0.2, 0) is 10.0 Å². The molecule has 0 aliphatic carbocycles. The third-order valence-electron chi connectivity index (χ3n) is 3.76. The molecule has 0 atom stereocenters. The van der Waals surface area contributed by atoms with Gasteiger partial charge in [0.05, 0.1) is 4.90 Å². The fourth-order valence-electron chi connectivity index (χ4n) is 2.45. The van der Waals surface area contributed by atoms with Gasteiger partial charge in [0.15, 0.2) is 0 Å². The van der Waals surface area contributed by atoms with Crippen LogP contribution in [0, 0.1) is 0 Å². The van der Waals surface area contributed by atoms with Crippen LogP contribution in [0.5, 0.6) is 0 Å². The van der Waals surface area contributed by atoms with Crippen LogP contribution in [0.3, 0.4) is 0 Å². The first kappa shape index (κ1) is 17.7. The number of aliphatic hydroxyl groups is 1. The lowest BCUT2D eigenvalue weighted by atomic mass is 10.1. The Hall–Kier alpha value is -1.63. The van der Waals surface area contributed by atoms with Crippen LogP contribution in [-0.4, -0.2) is 40.8 Å². The molecule has 0 heterocycles. The Bertz CT molecular complexity index is 758. The van der Waals surface area contributed by atoms with Gasteiger partial charge in [0, 0.05) is 38.3 Å². The molecule has 2 N–H and O–H groups in total. The van der Waals surface area contributed by atoms with E-state index in [2.05, 4.69) is 4.72 Å². The lowest BCUT2D eigenvalue weighted by Crippen LogP contribution is -2.25. The van der Waals surface area contributed by atoms with Crippen molar-refractivity contribution in [2.45, 2.75) is 24.2 Å². The van der Waals surface area contributed by atoms with Crippen LogP contribution < -0.4 is 9.62 Å². The van der Waals surface area contributed by atoms with Gasteiger partial charge in [-0.05, 0) is 42.8 Å². The summed E-state index contributed by atoms with van der Waals surface area (Å²) >= 11 is 0. The summed E-state index contributed by atoms with van der Waals surface area (Å²) < 4.78 is 27.7. The Kier molecular flexibility index (Phi) is 5.98. The van der Waals surface area contributed by atoms with Crippen molar-refractivity contribution in [1.82, 2.24) is 4.72 Å². The van der Waals surface area contributed by atoms with Crippen LogP contribution in [0.15, 0.2) is 41.3 Å². The molecule has 6 heteroatoms. The molecule has 0 amide bonds. The highest BCUT2D eigenvalue weighted by Crippen LogP contribution is 2.26. The lowest BCUT2D eigenvalue weighted by molar-refractivity contribution is 0.283. The van der Waals surface area contributed by atoms with E-state index in [1.165, 1.54) is 0 Å². The molecule has 2 aromatic carbocycles. The van der Waals surface area contributed by atoms with Crippen LogP contribution in [0.1, 0.15) is 19.3 Å². The highest BCUT2D eigenvalue weighted by Gasteiger charge is 2.16. The van der Waals surface area contributed by atoms with Crippen LogP contribution in [0.2, 0.25) is 0 Å². The molecule has 0 aliphatic rings. The van der Waals surface area contributed by atoms with E-state index >= 15 is 0 Å². The number of anilines is 1. The number of unbranched alkanes of at least 4 members (excludes halogenated alkanes) is 2. The first-order valence-corrected chi connectivity index (χ1v) is 9.24. The van der Waals surface area contributed by atoms with E-state index in [9.17, 15) is 8.42 Å². The third-order valence-corrected chi connectivity index (χ3v) is 5.28. The van der Waals surface area contributed by atoms with Gasteiger partial charge in [-0.3, -0.25) is 0 Å². The number of fused-ring (bicyclic) bond motifs is 1. The third kappa shape index (κ3) is 4.43. The van der Waals surface area contributed by atoms with E-state index < -0.39 is 10.0 Å². The monoisotopic (exact) mass is 336 g/mol. The molecule has 126 valence electrons. The molecule has 0 bridgehead atoms. The van der Waals surface area contributed by atoms with Crippen LogP contribution >= 0.6 is 0 Å². The number of hydrogen-bond donors (Lipinski definition) is 2. The van der Waals surface area contributed by atoms with E-state index in [1.807, 2.05) is 43.3 Å². The summed E-state index contributed by atoms with van der Waals surface area (Å²) in [5.41, 5.74) is 1.03. The second-order valence-electron chi connectivity index (χ2n) is 5.74. The Balaban J connectivity index is 2.24. The molecular weight excluding hydrogens is 312 g/mol. The molecule has 0 radical (unpaired) electrons. The second-order valence-corrected chi connectivity index (χ2v) is 7.47. The molecule has 0 unspecified atom stereocenters. The van der Waals surface area contributed by atoms with Crippen LogP contribution in [0.4, 0.5) is 5.69 Å². The Morgan fingerprint density at radius 1 is 1.09 bits per heavy atom. The van der Waals surface area contributed by atoms with Gasteiger partial charge in [-0.25, -0.2) is 13.1 Å². The van der Waals surface area contributed by atoms with Crippen molar-refractivity contribution >= 4 is 26.5 Å². The largest absolute Gasteiger partial charge is 0.396 e. The summed E-state index contributed by atoms with van der Waals surface area (Å²) in [5.74, 6) is 0. The number of hydrogen-bond acceptors (Lipinski definition) is 4. The van der Waals surface area contributed by atoms with Crippen molar-refractivity contribution in [1.29, 1.82) is 0 Å². The summed E-state index contributed by atoms with van der Waals surface area (Å²) in [4.78, 5) is 2.29. The molecule has 23 heavy (non-hydrogen) atoms. The molecular formula is C17H24N2O3S. The molecule has 0 aromatic heterocycles. The maximum absolute atomic E-state index is 12.5. The zero-order valence-corrected chi connectivity index (χ0v) is 14.4. The number of benzene rings is 2. The minimum Gasteiger partial charge on any atom is -0.396 e. The minimum absolute atomic E-state index is 0.143. The van der Waals surface area contributed by atoms with Gasteiger partial charge in [0.1, 0.15) is 0 Å². The summed E-state index contributed by atoms with van der Waals surface area (Å²) in [5, 5.41) is 10.4. The quantitative estimate of drug-likeness (QED) is 0.726. The molecule has 0 saturated carbocycles. The molecule has 0 fully saturated rings. The van der Waals surface area contributed by atoms with E-state index in [1.54, 1.807) is 12.1 Å². The average molecular weight is 336 g/mol. The van der Waals surface area contributed by atoms with Crippen molar-refractivity contribution in [2.75, 3.05) is 32.1 Å². The lowest BCUT2D eigenvalue weighted by Gasteiger charge is -2.14. The van der Waals surface area contributed by atoms with Gasteiger partial charge in [0.2, 0.25) is 10.0 Å². The molecule has 2 aromatic rings. The first-order valence-electron chi connectivity index (χ1n) is 7.76. The van der Waals surface area contributed by atoms with Crippen molar-refractivity contribution in [3.63, 3.8) is 0 Å². The fourth-order valence-corrected chi connectivity index (χ4v) is 3.75. The molecule has 0 saturated heterocycles. The Labute approximate surface area is 138 Å². The number of sulfonamides is 1. The zero-order valence-electron chi connectivity index (χ0n) is 13.6. The van der Waals surface area contributed by atoms with Gasteiger partial charge in [-0.15, -0.1) is 0 Å². The van der Waals surface area contributed by atoms with E-state index in [0.29, 0.717) is 17.9 Å². The summed E-state index contributed by atoms with van der Waals surface area (Å²) in [7, 11) is 0.375. The smallest absolute Gasteiger partial charge is 0.241 e. The van der Waals surface area contributed by atoms with Crippen molar-refractivity contribution in [3.05, 3.63) is 36.4 Å². The fraction of sp³-hybridized carbons (Fsp3) is 0.412. The molecule has 2 rings (SSSR count). The number of nitrogens with one attached hydrogen (secondary N) is 1. The minimum atomic E-state index is -3.53. The van der Waals surface area contributed by atoms with E-state index in [0.717, 1.165) is 29.3 Å². The van der Waals surface area contributed by atoms with Gasteiger partial charge in [-0.2, -0.15) is 0 Å². The normalized spacial score (nSPS) is 11.8. The van der Waals surface area contributed by atoms with Crippen molar-refractivity contribution in [3.8, 4) is 0 Å². The molecule has 0 spiro atoms. The van der Waals surface area contributed by atoms with Crippen molar-refractivity contribution in [2.24, 2.45) is 0 Å². The highest BCUT2D eigenvalue weighted by atomic mass is 32.2. The van der Waals surface area contributed by atoms with E-state index in [4.69, 9.17) is 5.11 Å². The summed E-state index contributed by atoms with van der Waals surface area (Å²) in [6.07, 6.45) is 2.22. The zero-order chi connectivity index (χ0) is 16.9. The van der Waals surface area contributed by atoms with E-state index in [-0.39, 0.29) is 6.61 Å². The molecule has 5 nitrogen and oxygen atoms in total. The Morgan fingerprint density at radius 2 is 1.87 bits per heavy atom. The standard InChI is InChI=1S/C17H24N2O3S/c1-19(2)15-9-10-16-14(13-15)7-6-8-17(16)23(21,22)18-11-4-3-5-12-20/h6-10,13,18,20H,3-5,11-12H2,1-2H3. The SMILES string of the molecule is CN(C)c1ccc2c(S(=O)(=O)NCCCCCO)cccc2c1. The van der Waals surface area contributed by atoms with Gasteiger partial charge in [-0.1, -0.05) is 18.2 Å². The maximum Gasteiger partial charge on any atom is 0.241 e. The maximum atomic E-state index is 12.5. The van der Waals surface area contributed by atoms with Crippen LogP contribution in [0.25, 0.3) is 10.8 Å². The first-order chi connectivity index (χ1) is 11.0. The number of nitrogens with zero attached hydrogens (tertiary/aromatic N) is 1. The number of aliphatic hydroxyl groups excluding tert-OH is 1. The second kappa shape index (κ2) is 7.77.